The lowest BCUT2D eigenvalue weighted by Gasteiger charge is -2.26. The summed E-state index contributed by atoms with van der Waals surface area (Å²) >= 11 is 0. The first-order chi connectivity index (χ1) is 9.36. The van der Waals surface area contributed by atoms with Crippen molar-refractivity contribution < 1.29 is 0 Å². The second-order valence-electron chi connectivity index (χ2n) is 5.28. The smallest absolute Gasteiger partial charge is 0.0148 e. The van der Waals surface area contributed by atoms with Crippen LogP contribution in [-0.4, -0.2) is 0 Å². The molecular weight excluding hydrogens is 228 g/mol. The molecule has 0 bridgehead atoms. The van der Waals surface area contributed by atoms with E-state index in [0.717, 1.165) is 12.8 Å². The van der Waals surface area contributed by atoms with Crippen molar-refractivity contribution in [1.29, 1.82) is 0 Å². The van der Waals surface area contributed by atoms with Crippen molar-refractivity contribution in [3.63, 3.8) is 0 Å². The molecule has 0 amide bonds. The van der Waals surface area contributed by atoms with Crippen LogP contribution in [0.15, 0.2) is 85.0 Å². The lowest BCUT2D eigenvalue weighted by Crippen LogP contribution is -2.20. The van der Waals surface area contributed by atoms with Gasteiger partial charge < -0.3 is 0 Å². The Morgan fingerprint density at radius 1 is 0.579 bits per heavy atom. The van der Waals surface area contributed by atoms with Crippen LogP contribution in [0, 0.1) is 5.41 Å². The van der Waals surface area contributed by atoms with Gasteiger partial charge in [-0.05, 0) is 24.0 Å². The Bertz CT molecular complexity index is 520. The van der Waals surface area contributed by atoms with E-state index in [0.29, 0.717) is 0 Å². The molecule has 1 aliphatic rings. The highest BCUT2D eigenvalue weighted by atomic mass is 14.3. The first kappa shape index (κ1) is 12.0. The van der Waals surface area contributed by atoms with Gasteiger partial charge in [0, 0.05) is 5.41 Å². The van der Waals surface area contributed by atoms with Gasteiger partial charge in [0.05, 0.1) is 0 Å². The van der Waals surface area contributed by atoms with Crippen molar-refractivity contribution in [2.45, 2.75) is 12.8 Å². The fourth-order valence-corrected chi connectivity index (χ4v) is 2.80. The summed E-state index contributed by atoms with van der Waals surface area (Å²) in [6.07, 6.45) is 11.2. The van der Waals surface area contributed by atoms with Gasteiger partial charge in [-0.3, -0.25) is 0 Å². The van der Waals surface area contributed by atoms with E-state index < -0.39 is 0 Å². The van der Waals surface area contributed by atoms with Crippen molar-refractivity contribution in [2.24, 2.45) is 5.41 Å². The Morgan fingerprint density at radius 2 is 1.00 bits per heavy atom. The quantitative estimate of drug-likeness (QED) is 0.740. The predicted octanol–water partition coefficient (Wildman–Crippen LogP) is 4.58. The van der Waals surface area contributed by atoms with Crippen LogP contribution in [0.5, 0.6) is 0 Å². The second kappa shape index (κ2) is 5.27. The number of allylic oxidation sites excluding steroid dienone is 4. The molecule has 94 valence electrons. The maximum absolute atomic E-state index is 2.34. The number of benzene rings is 2. The number of rotatable bonds is 4. The zero-order valence-corrected chi connectivity index (χ0v) is 11.0. The van der Waals surface area contributed by atoms with Crippen molar-refractivity contribution in [3.05, 3.63) is 96.1 Å². The Kier molecular flexibility index (Phi) is 3.33. The Balaban J connectivity index is 1.84. The van der Waals surface area contributed by atoms with Gasteiger partial charge in [0.1, 0.15) is 0 Å². The topological polar surface area (TPSA) is 0 Å². The van der Waals surface area contributed by atoms with Gasteiger partial charge in [-0.15, -0.1) is 0 Å². The fourth-order valence-electron chi connectivity index (χ4n) is 2.80. The summed E-state index contributed by atoms with van der Waals surface area (Å²) in [5.74, 6) is 0. The summed E-state index contributed by atoms with van der Waals surface area (Å²) in [5.41, 5.74) is 2.94. The molecule has 0 aliphatic heterocycles. The molecule has 0 saturated heterocycles. The molecule has 0 radical (unpaired) electrons. The third-order valence-electron chi connectivity index (χ3n) is 3.72. The molecule has 2 aromatic carbocycles. The summed E-state index contributed by atoms with van der Waals surface area (Å²) < 4.78 is 0. The highest BCUT2D eigenvalue weighted by molar-refractivity contribution is 5.33. The second-order valence-corrected chi connectivity index (χ2v) is 5.28. The van der Waals surface area contributed by atoms with Crippen LogP contribution in [-0.2, 0) is 12.8 Å². The molecule has 0 saturated carbocycles. The monoisotopic (exact) mass is 246 g/mol. The third kappa shape index (κ3) is 2.85. The van der Waals surface area contributed by atoms with E-state index in [1.54, 1.807) is 0 Å². The van der Waals surface area contributed by atoms with Crippen LogP contribution in [0.1, 0.15) is 11.1 Å². The molecule has 0 aromatic heterocycles. The molecule has 0 heteroatoms. The van der Waals surface area contributed by atoms with Crippen LogP contribution in [0.25, 0.3) is 0 Å². The van der Waals surface area contributed by atoms with Gasteiger partial charge in [0.25, 0.3) is 0 Å². The van der Waals surface area contributed by atoms with Gasteiger partial charge in [-0.1, -0.05) is 85.0 Å². The molecule has 0 atom stereocenters. The van der Waals surface area contributed by atoms with Crippen LogP contribution >= 0.6 is 0 Å². The summed E-state index contributed by atoms with van der Waals surface area (Å²) in [5, 5.41) is 0. The van der Waals surface area contributed by atoms with Crippen molar-refractivity contribution in [2.75, 3.05) is 0 Å². The van der Waals surface area contributed by atoms with Gasteiger partial charge in [-0.25, -0.2) is 0 Å². The molecule has 0 unspecified atom stereocenters. The van der Waals surface area contributed by atoms with Gasteiger partial charge in [0.2, 0.25) is 0 Å². The molecule has 0 heterocycles. The standard InChI is InChI=1S/C19H18/c1-3-9-17(10-4-1)15-19(13-7-8-14-19)16-18-11-5-2-6-12-18/h1-14H,15-16H2. The molecule has 0 N–H and O–H groups in total. The SMILES string of the molecule is C1=CC(Cc2ccccc2)(Cc2ccccc2)C=C1. The molecular formula is C19H18. The predicted molar refractivity (Wildman–Crippen MR) is 81.0 cm³/mol. The van der Waals surface area contributed by atoms with Gasteiger partial charge in [0.15, 0.2) is 0 Å². The molecule has 0 nitrogen and oxygen atoms in total. The average molecular weight is 246 g/mol. The minimum absolute atomic E-state index is 0.142. The third-order valence-corrected chi connectivity index (χ3v) is 3.72. The van der Waals surface area contributed by atoms with Gasteiger partial charge in [-0.2, -0.15) is 0 Å². The fraction of sp³-hybridized carbons (Fsp3) is 0.158. The normalized spacial score (nSPS) is 15.8. The summed E-state index contributed by atoms with van der Waals surface area (Å²) in [7, 11) is 0. The zero-order chi connectivity index (χ0) is 13.0. The summed E-state index contributed by atoms with van der Waals surface area (Å²) in [6, 6.07) is 21.5. The van der Waals surface area contributed by atoms with Crippen molar-refractivity contribution in [3.8, 4) is 0 Å². The van der Waals surface area contributed by atoms with Crippen molar-refractivity contribution >= 4 is 0 Å². The van der Waals surface area contributed by atoms with Crippen LogP contribution in [0.2, 0.25) is 0 Å². The van der Waals surface area contributed by atoms with Crippen molar-refractivity contribution in [1.82, 2.24) is 0 Å². The van der Waals surface area contributed by atoms with Gasteiger partial charge >= 0.3 is 0 Å². The molecule has 0 spiro atoms. The maximum Gasteiger partial charge on any atom is 0.0148 e. The maximum atomic E-state index is 2.34. The van der Waals surface area contributed by atoms with E-state index in [1.165, 1.54) is 11.1 Å². The Hall–Kier alpha value is -2.08. The Morgan fingerprint density at radius 3 is 1.42 bits per heavy atom. The van der Waals surface area contributed by atoms with Crippen LogP contribution in [0.4, 0.5) is 0 Å². The lowest BCUT2D eigenvalue weighted by atomic mass is 9.78. The first-order valence-corrected chi connectivity index (χ1v) is 6.81. The summed E-state index contributed by atoms with van der Waals surface area (Å²) in [4.78, 5) is 0. The van der Waals surface area contributed by atoms with E-state index >= 15 is 0 Å². The van der Waals surface area contributed by atoms with Crippen LogP contribution in [0.3, 0.4) is 0 Å². The summed E-state index contributed by atoms with van der Waals surface area (Å²) in [6.45, 7) is 0. The zero-order valence-electron chi connectivity index (χ0n) is 11.0. The van der Waals surface area contributed by atoms with E-state index in [-0.39, 0.29) is 5.41 Å². The Labute approximate surface area is 115 Å². The molecule has 1 aliphatic carbocycles. The highest BCUT2D eigenvalue weighted by Gasteiger charge is 2.26. The first-order valence-electron chi connectivity index (χ1n) is 6.81. The van der Waals surface area contributed by atoms with E-state index in [9.17, 15) is 0 Å². The minimum Gasteiger partial charge on any atom is -0.0739 e. The minimum atomic E-state index is 0.142. The molecule has 19 heavy (non-hydrogen) atoms. The highest BCUT2D eigenvalue weighted by Crippen LogP contribution is 2.34. The lowest BCUT2D eigenvalue weighted by molar-refractivity contribution is 0.492. The van der Waals surface area contributed by atoms with E-state index in [4.69, 9.17) is 0 Å². The van der Waals surface area contributed by atoms with Crippen LogP contribution < -0.4 is 0 Å². The molecule has 2 aromatic rings. The molecule has 0 fully saturated rings. The largest absolute Gasteiger partial charge is 0.0739 e. The van der Waals surface area contributed by atoms with E-state index in [2.05, 4.69) is 85.0 Å². The average Bonchev–Trinajstić information content (AvgIpc) is 2.89. The number of hydrogen-bond donors (Lipinski definition) is 0. The van der Waals surface area contributed by atoms with E-state index in [1.807, 2.05) is 0 Å². The molecule has 3 rings (SSSR count). The number of hydrogen-bond acceptors (Lipinski definition) is 0.